The molecule has 25 heavy (non-hydrogen) atoms. The van der Waals surface area contributed by atoms with E-state index < -0.39 is 30.2 Å². The summed E-state index contributed by atoms with van der Waals surface area (Å²) in [6.07, 6.45) is 0. The molecule has 0 aliphatic carbocycles. The van der Waals surface area contributed by atoms with E-state index in [1.165, 1.54) is 0 Å². The molecule has 0 bridgehead atoms. The number of likely N-dealkylation sites (tertiary alicyclic amines) is 1. The molecule has 2 N–H and O–H groups in total. The number of rotatable bonds is 4. The van der Waals surface area contributed by atoms with Crippen molar-refractivity contribution in [3.8, 4) is 0 Å². The van der Waals surface area contributed by atoms with Gasteiger partial charge in [-0.1, -0.05) is 60.7 Å². The van der Waals surface area contributed by atoms with Crippen LogP contribution < -0.4 is 0 Å². The maximum atomic E-state index is 12.5. The molecule has 1 aliphatic heterocycles. The number of aliphatic hydroxyl groups excluding tert-OH is 1. The fourth-order valence-electron chi connectivity index (χ4n) is 2.92. The van der Waals surface area contributed by atoms with E-state index in [2.05, 4.69) is 0 Å². The average Bonchev–Trinajstić information content (AvgIpc) is 2.87. The second kappa shape index (κ2) is 6.60. The van der Waals surface area contributed by atoms with Gasteiger partial charge >= 0.3 is 5.97 Å². The van der Waals surface area contributed by atoms with Gasteiger partial charge in [0, 0.05) is 5.56 Å². The molecule has 0 radical (unpaired) electrons. The number of amides is 1. The molecule has 0 spiro atoms. The van der Waals surface area contributed by atoms with Crippen LogP contribution in [0.15, 0.2) is 66.2 Å². The van der Waals surface area contributed by atoms with Gasteiger partial charge in [0.1, 0.15) is 12.3 Å². The zero-order chi connectivity index (χ0) is 18.0. The molecule has 0 saturated carbocycles. The van der Waals surface area contributed by atoms with Crippen LogP contribution in [0, 0.1) is 0 Å². The number of ketones is 1. The van der Waals surface area contributed by atoms with E-state index in [9.17, 15) is 19.5 Å². The van der Waals surface area contributed by atoms with Crippen LogP contribution in [0.4, 0.5) is 0 Å². The van der Waals surface area contributed by atoms with Crippen molar-refractivity contribution >= 4 is 23.4 Å². The maximum absolute atomic E-state index is 12.5. The monoisotopic (exact) mass is 337 g/mol. The van der Waals surface area contributed by atoms with E-state index in [1.807, 2.05) is 0 Å². The van der Waals surface area contributed by atoms with Gasteiger partial charge in [-0.15, -0.1) is 0 Å². The summed E-state index contributed by atoms with van der Waals surface area (Å²) in [6, 6.07) is 16.0. The van der Waals surface area contributed by atoms with Crippen molar-refractivity contribution in [3.05, 3.63) is 77.4 Å². The average molecular weight is 337 g/mol. The van der Waals surface area contributed by atoms with Crippen LogP contribution in [0.5, 0.6) is 0 Å². The number of nitrogens with zero attached hydrogens (tertiary/aromatic N) is 1. The highest BCUT2D eigenvalue weighted by atomic mass is 16.4. The molecule has 3 rings (SSSR count). The molecule has 1 saturated heterocycles. The molecule has 0 aromatic heterocycles. The summed E-state index contributed by atoms with van der Waals surface area (Å²) < 4.78 is 0. The smallest absolute Gasteiger partial charge is 0.323 e. The first-order chi connectivity index (χ1) is 12.0. The molecule has 6 heteroatoms. The molecule has 1 unspecified atom stereocenters. The lowest BCUT2D eigenvalue weighted by Crippen LogP contribution is -2.34. The molecule has 6 nitrogen and oxygen atoms in total. The number of hydrogen-bond donors (Lipinski definition) is 2. The van der Waals surface area contributed by atoms with E-state index in [0.717, 1.165) is 4.90 Å². The summed E-state index contributed by atoms with van der Waals surface area (Å²) >= 11 is 0. The minimum atomic E-state index is -1.23. The number of carboxylic acid groups (broad SMARTS) is 1. The van der Waals surface area contributed by atoms with Gasteiger partial charge in [-0.05, 0) is 5.56 Å². The third kappa shape index (κ3) is 3.01. The van der Waals surface area contributed by atoms with Crippen molar-refractivity contribution in [2.45, 2.75) is 6.04 Å². The fraction of sp³-hybridized carbons (Fsp3) is 0.105. The quantitative estimate of drug-likeness (QED) is 0.507. The Hall–Kier alpha value is -3.41. The SMILES string of the molecule is O=C(O)CN1C(=O)C(=O)C(=C(O)c2ccccc2)C1c1ccccc1. The predicted molar refractivity (Wildman–Crippen MR) is 89.5 cm³/mol. The second-order valence-electron chi connectivity index (χ2n) is 5.60. The molecular weight excluding hydrogens is 322 g/mol. The van der Waals surface area contributed by atoms with Gasteiger partial charge in [0.25, 0.3) is 11.7 Å². The Bertz CT molecular complexity index is 858. The van der Waals surface area contributed by atoms with Crippen LogP contribution in [0.1, 0.15) is 17.2 Å². The Morgan fingerprint density at radius 3 is 2.04 bits per heavy atom. The summed E-state index contributed by atoms with van der Waals surface area (Å²) in [4.78, 5) is 36.9. The Morgan fingerprint density at radius 1 is 0.920 bits per heavy atom. The van der Waals surface area contributed by atoms with Crippen LogP contribution in [0.25, 0.3) is 5.76 Å². The molecule has 1 aliphatic rings. The lowest BCUT2D eigenvalue weighted by Gasteiger charge is -2.23. The third-order valence-corrected chi connectivity index (χ3v) is 4.01. The number of carbonyl (C=O) groups is 3. The van der Waals surface area contributed by atoms with Gasteiger partial charge in [0.05, 0.1) is 11.6 Å². The molecule has 1 atom stereocenters. The van der Waals surface area contributed by atoms with Crippen LogP contribution in [0.2, 0.25) is 0 Å². The Labute approximate surface area is 143 Å². The van der Waals surface area contributed by atoms with E-state index >= 15 is 0 Å². The molecule has 126 valence electrons. The minimum absolute atomic E-state index is 0.108. The summed E-state index contributed by atoms with van der Waals surface area (Å²) in [5, 5.41) is 19.7. The third-order valence-electron chi connectivity index (χ3n) is 4.01. The first kappa shape index (κ1) is 16.4. The molecular formula is C19H15NO5. The van der Waals surface area contributed by atoms with Gasteiger partial charge in [-0.25, -0.2) is 0 Å². The van der Waals surface area contributed by atoms with Crippen molar-refractivity contribution in [2.24, 2.45) is 0 Å². The van der Waals surface area contributed by atoms with Gasteiger partial charge in [-0.2, -0.15) is 0 Å². The highest BCUT2D eigenvalue weighted by Gasteiger charge is 2.46. The number of benzene rings is 2. The maximum Gasteiger partial charge on any atom is 0.323 e. The summed E-state index contributed by atoms with van der Waals surface area (Å²) in [7, 11) is 0. The number of hydrogen-bond acceptors (Lipinski definition) is 4. The van der Waals surface area contributed by atoms with Crippen molar-refractivity contribution in [1.82, 2.24) is 4.90 Å². The molecule has 2 aromatic rings. The van der Waals surface area contributed by atoms with Crippen molar-refractivity contribution in [3.63, 3.8) is 0 Å². The lowest BCUT2D eigenvalue weighted by atomic mass is 9.95. The highest BCUT2D eigenvalue weighted by molar-refractivity contribution is 6.46. The van der Waals surface area contributed by atoms with Crippen molar-refractivity contribution in [2.75, 3.05) is 6.54 Å². The Balaban J connectivity index is 2.19. The molecule has 1 fully saturated rings. The zero-order valence-electron chi connectivity index (χ0n) is 13.1. The largest absolute Gasteiger partial charge is 0.507 e. The molecule has 1 amide bonds. The minimum Gasteiger partial charge on any atom is -0.507 e. The number of carboxylic acids is 1. The first-order valence-electron chi connectivity index (χ1n) is 7.61. The first-order valence-corrected chi connectivity index (χ1v) is 7.61. The van der Waals surface area contributed by atoms with Crippen LogP contribution in [-0.4, -0.2) is 39.3 Å². The van der Waals surface area contributed by atoms with Gasteiger partial charge in [0.15, 0.2) is 0 Å². The summed E-state index contributed by atoms with van der Waals surface area (Å²) in [5.74, 6) is -3.38. The second-order valence-corrected chi connectivity index (χ2v) is 5.60. The van der Waals surface area contributed by atoms with Gasteiger partial charge in [-0.3, -0.25) is 14.4 Å². The number of Topliss-reactive ketones (excluding diaryl/α,β-unsaturated/α-hetero) is 1. The number of carbonyl (C=O) groups excluding carboxylic acids is 2. The Kier molecular flexibility index (Phi) is 4.35. The molecule has 2 aromatic carbocycles. The van der Waals surface area contributed by atoms with E-state index in [0.29, 0.717) is 11.1 Å². The summed E-state index contributed by atoms with van der Waals surface area (Å²) in [5.41, 5.74) is 0.834. The van der Waals surface area contributed by atoms with Crippen LogP contribution in [-0.2, 0) is 14.4 Å². The van der Waals surface area contributed by atoms with Gasteiger partial charge < -0.3 is 15.1 Å². The number of aliphatic hydroxyl groups is 1. The van der Waals surface area contributed by atoms with Crippen molar-refractivity contribution < 1.29 is 24.6 Å². The van der Waals surface area contributed by atoms with E-state index in [1.54, 1.807) is 60.7 Å². The fourth-order valence-corrected chi connectivity index (χ4v) is 2.92. The number of aliphatic carboxylic acids is 1. The van der Waals surface area contributed by atoms with E-state index in [4.69, 9.17) is 5.11 Å². The lowest BCUT2D eigenvalue weighted by molar-refractivity contribution is -0.146. The topological polar surface area (TPSA) is 94.9 Å². The summed E-state index contributed by atoms with van der Waals surface area (Å²) in [6.45, 7) is -0.629. The van der Waals surface area contributed by atoms with E-state index in [-0.39, 0.29) is 11.3 Å². The highest BCUT2D eigenvalue weighted by Crippen LogP contribution is 2.38. The van der Waals surface area contributed by atoms with Crippen molar-refractivity contribution in [1.29, 1.82) is 0 Å². The molecule has 1 heterocycles. The standard InChI is InChI=1S/C19H15NO5/c21-14(22)11-20-16(12-7-3-1-4-8-12)15(18(24)19(20)25)17(23)13-9-5-2-6-10-13/h1-10,16,23H,11H2,(H,21,22). The Morgan fingerprint density at radius 2 is 1.48 bits per heavy atom. The predicted octanol–water partition coefficient (Wildman–Crippen LogP) is 2.19. The van der Waals surface area contributed by atoms with Crippen LogP contribution in [0.3, 0.4) is 0 Å². The normalized spacial score (nSPS) is 19.2. The van der Waals surface area contributed by atoms with Crippen LogP contribution >= 0.6 is 0 Å². The zero-order valence-corrected chi connectivity index (χ0v) is 13.1. The van der Waals surface area contributed by atoms with Gasteiger partial charge in [0.2, 0.25) is 0 Å².